The Balaban J connectivity index is 1.73. The summed E-state index contributed by atoms with van der Waals surface area (Å²) in [6.07, 6.45) is 5.10. The fraction of sp³-hybridized carbons (Fsp3) is 0.857. The molecule has 1 heterocycles. The maximum atomic E-state index is 11.8. The number of carbonyl (C=O) groups is 2. The van der Waals surface area contributed by atoms with Gasteiger partial charge in [-0.3, -0.25) is 9.59 Å². The first-order chi connectivity index (χ1) is 8.58. The molecule has 0 spiro atoms. The number of rotatable bonds is 3. The first-order valence-electron chi connectivity index (χ1n) is 7.17. The van der Waals surface area contributed by atoms with E-state index in [4.69, 9.17) is 0 Å². The van der Waals surface area contributed by atoms with Gasteiger partial charge in [0.25, 0.3) is 0 Å². The minimum atomic E-state index is 0.0751. The zero-order chi connectivity index (χ0) is 13.1. The van der Waals surface area contributed by atoms with Gasteiger partial charge in [-0.1, -0.05) is 20.3 Å². The number of likely N-dealkylation sites (tertiary alicyclic amines) is 1. The van der Waals surface area contributed by atoms with Crippen LogP contribution in [-0.2, 0) is 9.59 Å². The van der Waals surface area contributed by atoms with E-state index in [2.05, 4.69) is 5.32 Å². The van der Waals surface area contributed by atoms with Gasteiger partial charge in [-0.2, -0.15) is 0 Å². The molecule has 0 radical (unpaired) electrons. The van der Waals surface area contributed by atoms with Crippen LogP contribution in [0.1, 0.15) is 46.0 Å². The highest BCUT2D eigenvalue weighted by Crippen LogP contribution is 2.26. The van der Waals surface area contributed by atoms with Crippen LogP contribution in [0, 0.1) is 11.8 Å². The molecule has 1 saturated carbocycles. The number of carbonyl (C=O) groups excluding carboxylic acids is 2. The lowest BCUT2D eigenvalue weighted by Crippen LogP contribution is -2.49. The molecule has 0 aromatic carbocycles. The molecule has 1 N–H and O–H groups in total. The van der Waals surface area contributed by atoms with E-state index in [1.807, 2.05) is 18.7 Å². The molecular formula is C14H24N2O2. The molecule has 2 aliphatic rings. The van der Waals surface area contributed by atoms with Crippen molar-refractivity contribution in [1.82, 2.24) is 10.2 Å². The Bertz CT molecular complexity index is 316. The van der Waals surface area contributed by atoms with Gasteiger partial charge in [0.2, 0.25) is 11.8 Å². The fourth-order valence-corrected chi connectivity index (χ4v) is 2.60. The summed E-state index contributed by atoms with van der Waals surface area (Å²) in [6.45, 7) is 5.44. The highest BCUT2D eigenvalue weighted by molar-refractivity contribution is 5.80. The van der Waals surface area contributed by atoms with E-state index in [0.717, 1.165) is 38.8 Å². The van der Waals surface area contributed by atoms with E-state index in [9.17, 15) is 9.59 Å². The molecule has 1 saturated heterocycles. The van der Waals surface area contributed by atoms with Gasteiger partial charge in [0.05, 0.1) is 0 Å². The van der Waals surface area contributed by atoms with Gasteiger partial charge >= 0.3 is 0 Å². The minimum absolute atomic E-state index is 0.0751. The highest BCUT2D eigenvalue weighted by atomic mass is 16.2. The van der Waals surface area contributed by atoms with Crippen LogP contribution in [0.3, 0.4) is 0 Å². The lowest BCUT2D eigenvalue weighted by atomic mass is 9.84. The second-order valence-electron chi connectivity index (χ2n) is 5.89. The van der Waals surface area contributed by atoms with E-state index < -0.39 is 0 Å². The van der Waals surface area contributed by atoms with Gasteiger partial charge in [-0.25, -0.2) is 0 Å². The summed E-state index contributed by atoms with van der Waals surface area (Å²) in [5.41, 5.74) is 0. The molecule has 18 heavy (non-hydrogen) atoms. The molecule has 102 valence electrons. The molecule has 0 aromatic heterocycles. The van der Waals surface area contributed by atoms with Gasteiger partial charge < -0.3 is 10.2 Å². The van der Waals surface area contributed by atoms with Gasteiger partial charge in [0, 0.05) is 31.0 Å². The summed E-state index contributed by atoms with van der Waals surface area (Å²) >= 11 is 0. The predicted molar refractivity (Wildman–Crippen MR) is 69.9 cm³/mol. The zero-order valence-electron chi connectivity index (χ0n) is 11.4. The Hall–Kier alpha value is -1.06. The van der Waals surface area contributed by atoms with Crippen LogP contribution in [0.25, 0.3) is 0 Å². The van der Waals surface area contributed by atoms with E-state index in [-0.39, 0.29) is 29.7 Å². The molecule has 2 fully saturated rings. The number of piperidine rings is 1. The second kappa shape index (κ2) is 5.72. The molecule has 0 atom stereocenters. The average molecular weight is 252 g/mol. The van der Waals surface area contributed by atoms with Crippen LogP contribution in [0.5, 0.6) is 0 Å². The number of nitrogens with zero attached hydrogens (tertiary/aromatic N) is 1. The summed E-state index contributed by atoms with van der Waals surface area (Å²) in [6, 6.07) is 0.273. The normalized spacial score (nSPS) is 21.8. The quantitative estimate of drug-likeness (QED) is 0.828. The standard InChI is InChI=1S/C14H24N2O2/c1-10(2)14(18)16-8-6-12(7-9-16)15-13(17)11-4-3-5-11/h10-12H,3-9H2,1-2H3,(H,15,17). The fourth-order valence-electron chi connectivity index (χ4n) is 2.60. The maximum absolute atomic E-state index is 11.8. The van der Waals surface area contributed by atoms with Crippen LogP contribution >= 0.6 is 0 Å². The van der Waals surface area contributed by atoms with Gasteiger partial charge in [0.1, 0.15) is 0 Å². The molecule has 2 rings (SSSR count). The topological polar surface area (TPSA) is 49.4 Å². The van der Waals surface area contributed by atoms with Crippen molar-refractivity contribution in [3.63, 3.8) is 0 Å². The molecule has 1 aliphatic heterocycles. The van der Waals surface area contributed by atoms with Gasteiger partial charge in [-0.05, 0) is 25.7 Å². The molecular weight excluding hydrogens is 228 g/mol. The average Bonchev–Trinajstić information content (AvgIpc) is 2.26. The van der Waals surface area contributed by atoms with Crippen molar-refractivity contribution < 1.29 is 9.59 Å². The summed E-state index contributed by atoms with van der Waals surface area (Å²) in [5, 5.41) is 3.13. The van der Waals surface area contributed by atoms with Crippen molar-refractivity contribution in [3.8, 4) is 0 Å². The Morgan fingerprint density at radius 2 is 1.72 bits per heavy atom. The third-order valence-corrected chi connectivity index (χ3v) is 4.12. The van der Waals surface area contributed by atoms with Crippen molar-refractivity contribution in [3.05, 3.63) is 0 Å². The maximum Gasteiger partial charge on any atom is 0.225 e. The SMILES string of the molecule is CC(C)C(=O)N1CCC(NC(=O)C2CCC2)CC1. The van der Waals surface area contributed by atoms with Crippen LogP contribution < -0.4 is 5.32 Å². The minimum Gasteiger partial charge on any atom is -0.353 e. The van der Waals surface area contributed by atoms with E-state index >= 15 is 0 Å². The first kappa shape index (κ1) is 13.4. The molecule has 0 bridgehead atoms. The summed E-state index contributed by atoms with van der Waals surface area (Å²) in [7, 11) is 0. The van der Waals surface area contributed by atoms with Gasteiger partial charge in [-0.15, -0.1) is 0 Å². The zero-order valence-corrected chi connectivity index (χ0v) is 11.4. The van der Waals surface area contributed by atoms with Crippen LogP contribution in [0.15, 0.2) is 0 Å². The number of hydrogen-bond acceptors (Lipinski definition) is 2. The van der Waals surface area contributed by atoms with E-state index in [1.54, 1.807) is 0 Å². The summed E-state index contributed by atoms with van der Waals surface area (Å²) in [4.78, 5) is 25.6. The lowest BCUT2D eigenvalue weighted by Gasteiger charge is -2.35. The number of amides is 2. The third kappa shape index (κ3) is 3.03. The molecule has 4 nitrogen and oxygen atoms in total. The summed E-state index contributed by atoms with van der Waals surface area (Å²) < 4.78 is 0. The van der Waals surface area contributed by atoms with Crippen molar-refractivity contribution in [2.75, 3.05) is 13.1 Å². The predicted octanol–water partition coefficient (Wildman–Crippen LogP) is 1.55. The Kier molecular flexibility index (Phi) is 4.25. The Morgan fingerprint density at radius 3 is 2.17 bits per heavy atom. The molecule has 2 amide bonds. The van der Waals surface area contributed by atoms with Crippen LogP contribution in [0.2, 0.25) is 0 Å². The van der Waals surface area contributed by atoms with Gasteiger partial charge in [0.15, 0.2) is 0 Å². The first-order valence-corrected chi connectivity index (χ1v) is 7.17. The van der Waals surface area contributed by atoms with Crippen molar-refractivity contribution in [1.29, 1.82) is 0 Å². The molecule has 1 aliphatic carbocycles. The number of nitrogens with one attached hydrogen (secondary N) is 1. The number of hydrogen-bond donors (Lipinski definition) is 1. The highest BCUT2D eigenvalue weighted by Gasteiger charge is 2.29. The lowest BCUT2D eigenvalue weighted by molar-refractivity contribution is -0.135. The van der Waals surface area contributed by atoms with Crippen molar-refractivity contribution in [2.24, 2.45) is 11.8 Å². The Labute approximate surface area is 109 Å². The van der Waals surface area contributed by atoms with Crippen LogP contribution in [0.4, 0.5) is 0 Å². The van der Waals surface area contributed by atoms with Crippen LogP contribution in [-0.4, -0.2) is 35.8 Å². The smallest absolute Gasteiger partial charge is 0.225 e. The molecule has 4 heteroatoms. The van der Waals surface area contributed by atoms with Crippen molar-refractivity contribution >= 4 is 11.8 Å². The largest absolute Gasteiger partial charge is 0.353 e. The monoisotopic (exact) mass is 252 g/mol. The molecule has 0 unspecified atom stereocenters. The second-order valence-corrected chi connectivity index (χ2v) is 5.89. The third-order valence-electron chi connectivity index (χ3n) is 4.12. The van der Waals surface area contributed by atoms with E-state index in [1.165, 1.54) is 6.42 Å². The Morgan fingerprint density at radius 1 is 1.11 bits per heavy atom. The van der Waals surface area contributed by atoms with E-state index in [0.29, 0.717) is 0 Å². The van der Waals surface area contributed by atoms with Crippen molar-refractivity contribution in [2.45, 2.75) is 52.0 Å². The molecule has 0 aromatic rings. The summed E-state index contributed by atoms with van der Waals surface area (Å²) in [5.74, 6) is 0.806.